The Kier molecular flexibility index (Phi) is 3.86. The van der Waals surface area contributed by atoms with Crippen molar-refractivity contribution >= 4 is 21.7 Å². The van der Waals surface area contributed by atoms with Crippen LogP contribution >= 0.6 is 15.9 Å². The van der Waals surface area contributed by atoms with Gasteiger partial charge in [0.25, 0.3) is 0 Å². The smallest absolute Gasteiger partial charge is 0.168 e. The molecule has 0 bridgehead atoms. The second-order valence-electron chi connectivity index (χ2n) is 3.57. The number of nitrogens with zero attached hydrogens (tertiary/aromatic N) is 1. The third-order valence-corrected chi connectivity index (χ3v) is 2.79. The van der Waals surface area contributed by atoms with Gasteiger partial charge in [-0.15, -0.1) is 0 Å². The summed E-state index contributed by atoms with van der Waals surface area (Å²) in [6.07, 6.45) is 0. The topological polar surface area (TPSA) is 24.9 Å². The number of pyridine rings is 1. The standard InChI is InChI=1S/C12H8BrF3N2/c13-11-9(15)5-10(16)12(18-11)17-6-7-2-1-3-8(14)4-7/h1-5H,6H2,(H,17,18). The highest BCUT2D eigenvalue weighted by atomic mass is 79.9. The predicted octanol–water partition coefficient (Wildman–Crippen LogP) is 3.87. The summed E-state index contributed by atoms with van der Waals surface area (Å²) in [5.41, 5.74) is 0.636. The molecular weight excluding hydrogens is 309 g/mol. The van der Waals surface area contributed by atoms with E-state index in [0.717, 1.165) is 6.07 Å². The molecule has 0 spiro atoms. The molecule has 1 aromatic carbocycles. The molecule has 94 valence electrons. The summed E-state index contributed by atoms with van der Waals surface area (Å²) < 4.78 is 39.1. The van der Waals surface area contributed by atoms with Gasteiger partial charge >= 0.3 is 0 Å². The van der Waals surface area contributed by atoms with Gasteiger partial charge in [0.2, 0.25) is 0 Å². The summed E-state index contributed by atoms with van der Waals surface area (Å²) in [7, 11) is 0. The molecule has 1 N–H and O–H groups in total. The van der Waals surface area contributed by atoms with Crippen LogP contribution in [0.3, 0.4) is 0 Å². The van der Waals surface area contributed by atoms with Crippen LogP contribution in [-0.2, 0) is 6.54 Å². The van der Waals surface area contributed by atoms with E-state index in [2.05, 4.69) is 26.2 Å². The first-order chi connectivity index (χ1) is 8.56. The summed E-state index contributed by atoms with van der Waals surface area (Å²) in [4.78, 5) is 3.67. The fraction of sp³-hybridized carbons (Fsp3) is 0.0833. The highest BCUT2D eigenvalue weighted by molar-refractivity contribution is 9.10. The van der Waals surface area contributed by atoms with Gasteiger partial charge in [-0.1, -0.05) is 12.1 Å². The van der Waals surface area contributed by atoms with Crippen LogP contribution in [0.1, 0.15) is 5.56 Å². The number of benzene rings is 1. The Bertz CT molecular complexity index is 575. The Balaban J connectivity index is 2.13. The summed E-state index contributed by atoms with van der Waals surface area (Å²) in [5, 5.41) is 2.68. The molecule has 0 radical (unpaired) electrons. The van der Waals surface area contributed by atoms with Gasteiger partial charge in [-0.05, 0) is 33.6 Å². The number of anilines is 1. The average molecular weight is 317 g/mol. The number of rotatable bonds is 3. The number of halogens is 4. The minimum atomic E-state index is -0.799. The SMILES string of the molecule is Fc1cccc(CNc2nc(Br)c(F)cc2F)c1. The molecule has 0 amide bonds. The first-order valence-corrected chi connectivity index (χ1v) is 5.85. The molecule has 0 aliphatic rings. The van der Waals surface area contributed by atoms with Crippen molar-refractivity contribution in [2.45, 2.75) is 6.54 Å². The van der Waals surface area contributed by atoms with Crippen molar-refractivity contribution in [2.75, 3.05) is 5.32 Å². The summed E-state index contributed by atoms with van der Waals surface area (Å²) in [6, 6.07) is 6.61. The minimum Gasteiger partial charge on any atom is -0.364 e. The summed E-state index contributed by atoms with van der Waals surface area (Å²) >= 11 is 2.87. The number of nitrogens with one attached hydrogen (secondary N) is 1. The Labute approximate surface area is 110 Å². The van der Waals surface area contributed by atoms with E-state index in [1.807, 2.05) is 0 Å². The van der Waals surface area contributed by atoms with Crippen molar-refractivity contribution in [3.63, 3.8) is 0 Å². The Hall–Kier alpha value is -1.56. The van der Waals surface area contributed by atoms with Gasteiger partial charge in [0, 0.05) is 12.6 Å². The zero-order valence-corrected chi connectivity index (χ0v) is 10.6. The largest absolute Gasteiger partial charge is 0.364 e. The van der Waals surface area contributed by atoms with Crippen molar-refractivity contribution in [3.05, 3.63) is 58.0 Å². The lowest BCUT2D eigenvalue weighted by Crippen LogP contribution is -2.05. The zero-order valence-electron chi connectivity index (χ0n) is 9.05. The van der Waals surface area contributed by atoms with E-state index < -0.39 is 11.6 Å². The zero-order chi connectivity index (χ0) is 13.1. The molecule has 18 heavy (non-hydrogen) atoms. The van der Waals surface area contributed by atoms with Gasteiger partial charge < -0.3 is 5.32 Å². The maximum atomic E-state index is 13.4. The molecule has 0 unspecified atom stereocenters. The van der Waals surface area contributed by atoms with Crippen LogP contribution in [0, 0.1) is 17.5 Å². The van der Waals surface area contributed by atoms with E-state index in [-0.39, 0.29) is 22.8 Å². The van der Waals surface area contributed by atoms with Crippen molar-refractivity contribution in [1.82, 2.24) is 4.98 Å². The molecular formula is C12H8BrF3N2. The van der Waals surface area contributed by atoms with Gasteiger partial charge in [-0.2, -0.15) is 0 Å². The Morgan fingerprint density at radius 1 is 1.11 bits per heavy atom. The molecule has 0 fully saturated rings. The quantitative estimate of drug-likeness (QED) is 0.869. The summed E-state index contributed by atoms with van der Waals surface area (Å²) in [5.74, 6) is -2.04. The highest BCUT2D eigenvalue weighted by Crippen LogP contribution is 2.19. The lowest BCUT2D eigenvalue weighted by atomic mass is 10.2. The lowest BCUT2D eigenvalue weighted by Gasteiger charge is -2.07. The first-order valence-electron chi connectivity index (χ1n) is 5.06. The molecule has 2 nitrogen and oxygen atoms in total. The molecule has 0 aliphatic heterocycles. The van der Waals surface area contributed by atoms with Gasteiger partial charge in [0.05, 0.1) is 0 Å². The maximum Gasteiger partial charge on any atom is 0.168 e. The van der Waals surface area contributed by atoms with Crippen molar-refractivity contribution in [1.29, 1.82) is 0 Å². The van der Waals surface area contributed by atoms with Crippen LogP contribution in [0.15, 0.2) is 34.9 Å². The van der Waals surface area contributed by atoms with Gasteiger partial charge in [0.15, 0.2) is 17.5 Å². The van der Waals surface area contributed by atoms with Crippen molar-refractivity contribution in [2.24, 2.45) is 0 Å². The van der Waals surface area contributed by atoms with E-state index in [9.17, 15) is 13.2 Å². The number of hydrogen-bond donors (Lipinski definition) is 1. The molecule has 1 heterocycles. The maximum absolute atomic E-state index is 13.4. The third-order valence-electron chi connectivity index (χ3n) is 2.24. The molecule has 0 aliphatic carbocycles. The molecule has 0 saturated heterocycles. The van der Waals surface area contributed by atoms with Crippen LogP contribution in [0.25, 0.3) is 0 Å². The fourth-order valence-electron chi connectivity index (χ4n) is 1.40. The monoisotopic (exact) mass is 316 g/mol. The molecule has 2 aromatic rings. The van der Waals surface area contributed by atoms with Crippen LogP contribution < -0.4 is 5.32 Å². The van der Waals surface area contributed by atoms with E-state index in [4.69, 9.17) is 0 Å². The lowest BCUT2D eigenvalue weighted by molar-refractivity contribution is 0.569. The number of hydrogen-bond acceptors (Lipinski definition) is 2. The van der Waals surface area contributed by atoms with Crippen LogP contribution in [0.5, 0.6) is 0 Å². The molecule has 1 aromatic heterocycles. The second-order valence-corrected chi connectivity index (χ2v) is 4.33. The Morgan fingerprint density at radius 2 is 1.89 bits per heavy atom. The minimum absolute atomic E-state index is 0.0781. The first kappa shape index (κ1) is 12.9. The average Bonchev–Trinajstić information content (AvgIpc) is 2.32. The summed E-state index contributed by atoms with van der Waals surface area (Å²) in [6.45, 7) is 0.194. The van der Waals surface area contributed by atoms with E-state index >= 15 is 0 Å². The van der Waals surface area contributed by atoms with E-state index in [1.165, 1.54) is 12.1 Å². The molecule has 0 atom stereocenters. The van der Waals surface area contributed by atoms with Gasteiger partial charge in [-0.25, -0.2) is 18.2 Å². The van der Waals surface area contributed by atoms with E-state index in [0.29, 0.717) is 5.56 Å². The third kappa shape index (κ3) is 3.01. The Morgan fingerprint density at radius 3 is 2.61 bits per heavy atom. The van der Waals surface area contributed by atoms with Crippen molar-refractivity contribution < 1.29 is 13.2 Å². The molecule has 6 heteroatoms. The highest BCUT2D eigenvalue weighted by Gasteiger charge is 2.09. The normalized spacial score (nSPS) is 10.4. The fourth-order valence-corrected chi connectivity index (χ4v) is 1.69. The second kappa shape index (κ2) is 5.39. The van der Waals surface area contributed by atoms with Crippen LogP contribution in [0.4, 0.5) is 19.0 Å². The number of aromatic nitrogens is 1. The predicted molar refractivity (Wildman–Crippen MR) is 65.6 cm³/mol. The van der Waals surface area contributed by atoms with E-state index in [1.54, 1.807) is 12.1 Å². The van der Waals surface area contributed by atoms with Crippen molar-refractivity contribution in [3.8, 4) is 0 Å². The van der Waals surface area contributed by atoms with Crippen LogP contribution in [-0.4, -0.2) is 4.98 Å². The van der Waals surface area contributed by atoms with Gasteiger partial charge in [0.1, 0.15) is 10.4 Å². The van der Waals surface area contributed by atoms with Crippen LogP contribution in [0.2, 0.25) is 0 Å². The molecule has 0 saturated carbocycles. The van der Waals surface area contributed by atoms with Gasteiger partial charge in [-0.3, -0.25) is 0 Å². The molecule has 2 rings (SSSR count).